The van der Waals surface area contributed by atoms with E-state index >= 15 is 0 Å². The Morgan fingerprint density at radius 2 is 1.81 bits per heavy atom. The zero-order valence-corrected chi connectivity index (χ0v) is 15.8. The highest BCUT2D eigenvalue weighted by Gasteiger charge is 2.12. The Kier molecular flexibility index (Phi) is 7.04. The molecule has 1 amide bonds. The Bertz CT molecular complexity index is 772. The Morgan fingerprint density at radius 1 is 1.12 bits per heavy atom. The number of ether oxygens (including phenoxy) is 2. The van der Waals surface area contributed by atoms with Gasteiger partial charge in [-0.05, 0) is 48.7 Å². The highest BCUT2D eigenvalue weighted by Crippen LogP contribution is 2.24. The van der Waals surface area contributed by atoms with Crippen LogP contribution in [0.2, 0.25) is 5.02 Å². The van der Waals surface area contributed by atoms with E-state index in [1.165, 1.54) is 11.6 Å². The van der Waals surface area contributed by atoms with Gasteiger partial charge in [0.25, 0.3) is 5.91 Å². The molecule has 0 spiro atoms. The fraction of sp³-hybridized carbons (Fsp3) is 0.300. The van der Waals surface area contributed by atoms with Gasteiger partial charge in [-0.3, -0.25) is 4.79 Å². The van der Waals surface area contributed by atoms with Gasteiger partial charge in [-0.25, -0.2) is 4.79 Å². The second kappa shape index (κ2) is 9.25. The van der Waals surface area contributed by atoms with Crippen LogP contribution in [-0.4, -0.2) is 25.1 Å². The van der Waals surface area contributed by atoms with E-state index in [1.807, 2.05) is 24.3 Å². The van der Waals surface area contributed by atoms with E-state index in [0.717, 1.165) is 0 Å². The Hall–Kier alpha value is -2.53. The first kappa shape index (κ1) is 19.8. The molecule has 1 N–H and O–H groups in total. The molecule has 0 atom stereocenters. The fourth-order valence-electron chi connectivity index (χ4n) is 2.24. The predicted octanol–water partition coefficient (Wildman–Crippen LogP) is 4.66. The van der Waals surface area contributed by atoms with Crippen molar-refractivity contribution in [2.45, 2.75) is 26.7 Å². The number of halogens is 1. The molecule has 2 aromatic carbocycles. The van der Waals surface area contributed by atoms with Gasteiger partial charge < -0.3 is 14.8 Å². The standard InChI is InChI=1S/C20H22ClNO4/c1-4-25-20(24)15-7-10-18(17(21)11-15)22-19(23)12-26-16-8-5-14(6-9-16)13(2)3/h5-11,13H,4,12H2,1-3H3,(H,22,23). The topological polar surface area (TPSA) is 64.6 Å². The SMILES string of the molecule is CCOC(=O)c1ccc(NC(=O)COc2ccc(C(C)C)cc2)c(Cl)c1. The lowest BCUT2D eigenvalue weighted by molar-refractivity contribution is -0.118. The fourth-order valence-corrected chi connectivity index (χ4v) is 2.47. The minimum Gasteiger partial charge on any atom is -0.484 e. The molecule has 0 saturated heterocycles. The summed E-state index contributed by atoms with van der Waals surface area (Å²) in [6, 6.07) is 12.2. The monoisotopic (exact) mass is 375 g/mol. The molecule has 5 nitrogen and oxygen atoms in total. The maximum atomic E-state index is 12.0. The molecule has 0 saturated carbocycles. The second-order valence-corrected chi connectivity index (χ2v) is 6.38. The van der Waals surface area contributed by atoms with Gasteiger partial charge in [-0.15, -0.1) is 0 Å². The van der Waals surface area contributed by atoms with Crippen molar-refractivity contribution in [1.29, 1.82) is 0 Å². The van der Waals surface area contributed by atoms with Gasteiger partial charge in [0.15, 0.2) is 6.61 Å². The van der Waals surface area contributed by atoms with Crippen LogP contribution in [0, 0.1) is 0 Å². The predicted molar refractivity (Wildman–Crippen MR) is 102 cm³/mol. The van der Waals surface area contributed by atoms with Gasteiger partial charge in [0.2, 0.25) is 0 Å². The maximum absolute atomic E-state index is 12.0. The summed E-state index contributed by atoms with van der Waals surface area (Å²) in [5, 5.41) is 2.92. The molecule has 0 unspecified atom stereocenters. The van der Waals surface area contributed by atoms with Crippen LogP contribution in [0.4, 0.5) is 5.69 Å². The summed E-state index contributed by atoms with van der Waals surface area (Å²) in [4.78, 5) is 23.7. The largest absolute Gasteiger partial charge is 0.484 e. The zero-order chi connectivity index (χ0) is 19.1. The molecular weight excluding hydrogens is 354 g/mol. The molecule has 0 heterocycles. The van der Waals surface area contributed by atoms with Crippen LogP contribution in [-0.2, 0) is 9.53 Å². The molecule has 6 heteroatoms. The highest BCUT2D eigenvalue weighted by atomic mass is 35.5. The first-order valence-corrected chi connectivity index (χ1v) is 8.77. The number of amides is 1. The van der Waals surface area contributed by atoms with Crippen molar-refractivity contribution in [3.8, 4) is 5.75 Å². The number of anilines is 1. The van der Waals surface area contributed by atoms with Gasteiger partial charge in [0, 0.05) is 0 Å². The van der Waals surface area contributed by atoms with Crippen LogP contribution in [0.15, 0.2) is 42.5 Å². The van der Waals surface area contributed by atoms with Crippen LogP contribution in [0.1, 0.15) is 42.6 Å². The Morgan fingerprint density at radius 3 is 2.38 bits per heavy atom. The lowest BCUT2D eigenvalue weighted by Crippen LogP contribution is -2.20. The molecule has 2 rings (SSSR count). The number of rotatable bonds is 7. The normalized spacial score (nSPS) is 10.5. The van der Waals surface area contributed by atoms with Crippen LogP contribution in [0.3, 0.4) is 0 Å². The molecule has 0 aromatic heterocycles. The number of carbonyl (C=O) groups is 2. The van der Waals surface area contributed by atoms with Gasteiger partial charge in [-0.2, -0.15) is 0 Å². The second-order valence-electron chi connectivity index (χ2n) is 5.98. The molecule has 0 aliphatic carbocycles. The number of esters is 1. The van der Waals surface area contributed by atoms with Crippen LogP contribution in [0.25, 0.3) is 0 Å². The van der Waals surface area contributed by atoms with E-state index in [9.17, 15) is 9.59 Å². The van der Waals surface area contributed by atoms with E-state index in [1.54, 1.807) is 19.1 Å². The zero-order valence-electron chi connectivity index (χ0n) is 15.0. The van der Waals surface area contributed by atoms with Gasteiger partial charge in [-0.1, -0.05) is 37.6 Å². The molecular formula is C20H22ClNO4. The minimum atomic E-state index is -0.458. The highest BCUT2D eigenvalue weighted by molar-refractivity contribution is 6.34. The number of carbonyl (C=O) groups excluding carboxylic acids is 2. The van der Waals surface area contributed by atoms with E-state index < -0.39 is 5.97 Å². The number of hydrogen-bond donors (Lipinski definition) is 1. The van der Waals surface area contributed by atoms with Crippen molar-refractivity contribution in [3.63, 3.8) is 0 Å². The summed E-state index contributed by atoms with van der Waals surface area (Å²) < 4.78 is 10.4. The van der Waals surface area contributed by atoms with Crippen molar-refractivity contribution in [3.05, 3.63) is 58.6 Å². The van der Waals surface area contributed by atoms with E-state index in [2.05, 4.69) is 19.2 Å². The number of nitrogens with one attached hydrogen (secondary N) is 1. The summed E-state index contributed by atoms with van der Waals surface area (Å²) in [7, 11) is 0. The van der Waals surface area contributed by atoms with E-state index in [-0.39, 0.29) is 24.1 Å². The Balaban J connectivity index is 1.92. The molecule has 0 fully saturated rings. The van der Waals surface area contributed by atoms with Crippen molar-refractivity contribution in [1.82, 2.24) is 0 Å². The van der Waals surface area contributed by atoms with E-state index in [4.69, 9.17) is 21.1 Å². The lowest BCUT2D eigenvalue weighted by atomic mass is 10.0. The van der Waals surface area contributed by atoms with Gasteiger partial charge >= 0.3 is 5.97 Å². The van der Waals surface area contributed by atoms with Gasteiger partial charge in [0.1, 0.15) is 5.75 Å². The molecule has 0 bridgehead atoms. The third-order valence-corrected chi connectivity index (χ3v) is 3.98. The molecule has 2 aromatic rings. The maximum Gasteiger partial charge on any atom is 0.338 e. The minimum absolute atomic E-state index is 0.142. The summed E-state index contributed by atoms with van der Waals surface area (Å²) in [6.45, 7) is 6.09. The third kappa shape index (κ3) is 5.49. The van der Waals surface area contributed by atoms with Crippen molar-refractivity contribution >= 4 is 29.2 Å². The number of benzene rings is 2. The van der Waals surface area contributed by atoms with Crippen molar-refractivity contribution in [2.75, 3.05) is 18.5 Å². The molecule has 138 valence electrons. The third-order valence-electron chi connectivity index (χ3n) is 3.67. The van der Waals surface area contributed by atoms with Crippen LogP contribution >= 0.6 is 11.6 Å². The lowest BCUT2D eigenvalue weighted by Gasteiger charge is -2.11. The summed E-state index contributed by atoms with van der Waals surface area (Å²) >= 11 is 6.12. The first-order chi connectivity index (χ1) is 12.4. The quantitative estimate of drug-likeness (QED) is 0.715. The van der Waals surface area contributed by atoms with Gasteiger partial charge in [0.05, 0.1) is 22.9 Å². The first-order valence-electron chi connectivity index (χ1n) is 8.40. The smallest absolute Gasteiger partial charge is 0.338 e. The van der Waals surface area contributed by atoms with Crippen molar-refractivity contribution < 1.29 is 19.1 Å². The Labute approximate surface area is 158 Å². The molecule has 26 heavy (non-hydrogen) atoms. The average Bonchev–Trinajstić information content (AvgIpc) is 2.62. The van der Waals surface area contributed by atoms with E-state index in [0.29, 0.717) is 22.9 Å². The summed E-state index contributed by atoms with van der Waals surface area (Å²) in [5.41, 5.74) is 1.94. The van der Waals surface area contributed by atoms with Crippen LogP contribution in [0.5, 0.6) is 5.75 Å². The summed E-state index contributed by atoms with van der Waals surface area (Å²) in [6.07, 6.45) is 0. The van der Waals surface area contributed by atoms with Crippen molar-refractivity contribution in [2.24, 2.45) is 0 Å². The summed E-state index contributed by atoms with van der Waals surface area (Å²) in [5.74, 6) is 0.254. The molecule has 0 aliphatic heterocycles. The average molecular weight is 376 g/mol. The number of hydrogen-bond acceptors (Lipinski definition) is 4. The molecule has 0 radical (unpaired) electrons. The van der Waals surface area contributed by atoms with Crippen LogP contribution < -0.4 is 10.1 Å². The molecule has 0 aliphatic rings.